The summed E-state index contributed by atoms with van der Waals surface area (Å²) in [7, 11) is 3.91. The molecule has 0 saturated carbocycles. The molecular formula is C18H15N5O. The smallest absolute Gasteiger partial charge is 0.243 e. The van der Waals surface area contributed by atoms with Crippen LogP contribution in [-0.2, 0) is 14.1 Å². The number of nitrogens with zero attached hydrogens (tertiary/aromatic N) is 4. The lowest BCUT2D eigenvalue weighted by Gasteiger charge is -2.00. The van der Waals surface area contributed by atoms with E-state index in [1.165, 1.54) is 0 Å². The predicted octanol–water partition coefficient (Wildman–Crippen LogP) is 2.73. The summed E-state index contributed by atoms with van der Waals surface area (Å²) >= 11 is 0. The average molecular weight is 317 g/mol. The first-order valence-electron chi connectivity index (χ1n) is 7.67. The van der Waals surface area contributed by atoms with Crippen molar-refractivity contribution in [2.24, 2.45) is 14.1 Å². The van der Waals surface area contributed by atoms with Gasteiger partial charge in [-0.3, -0.25) is 0 Å². The molecule has 6 nitrogen and oxygen atoms in total. The van der Waals surface area contributed by atoms with Gasteiger partial charge in [0.05, 0.1) is 36.4 Å². The second-order valence-electron chi connectivity index (χ2n) is 5.98. The molecule has 0 amide bonds. The van der Waals surface area contributed by atoms with Crippen LogP contribution in [-0.4, -0.2) is 19.1 Å². The SMILES string of the molecule is Cn1cnc(-c2cccc3c2[nH]c2c(-n4[c-][n+](C)cc4)coc23)c1. The molecule has 0 radical (unpaired) electrons. The van der Waals surface area contributed by atoms with Crippen molar-refractivity contribution in [3.8, 4) is 16.9 Å². The van der Waals surface area contributed by atoms with Crippen LogP contribution in [0.3, 0.4) is 0 Å². The molecular weight excluding hydrogens is 302 g/mol. The average Bonchev–Trinajstić information content (AvgIpc) is 3.30. The van der Waals surface area contributed by atoms with Gasteiger partial charge in [0.25, 0.3) is 0 Å². The molecule has 0 spiro atoms. The molecule has 24 heavy (non-hydrogen) atoms. The van der Waals surface area contributed by atoms with E-state index >= 15 is 0 Å². The number of hydrogen-bond donors (Lipinski definition) is 1. The van der Waals surface area contributed by atoms with E-state index in [1.807, 2.05) is 52.5 Å². The molecule has 0 aliphatic heterocycles. The zero-order valence-electron chi connectivity index (χ0n) is 13.3. The number of hydrogen-bond acceptors (Lipinski definition) is 2. The van der Waals surface area contributed by atoms with Gasteiger partial charge in [-0.25, -0.2) is 4.98 Å². The first kappa shape index (κ1) is 13.2. The summed E-state index contributed by atoms with van der Waals surface area (Å²) in [4.78, 5) is 7.99. The molecule has 5 aromatic rings. The van der Waals surface area contributed by atoms with Crippen molar-refractivity contribution in [2.45, 2.75) is 0 Å². The van der Waals surface area contributed by atoms with Crippen LogP contribution in [0.15, 0.2) is 53.8 Å². The topological polar surface area (TPSA) is 55.6 Å². The summed E-state index contributed by atoms with van der Waals surface area (Å²) in [5.41, 5.74) is 5.78. The van der Waals surface area contributed by atoms with E-state index < -0.39 is 0 Å². The Morgan fingerprint density at radius 1 is 1.29 bits per heavy atom. The normalized spacial score (nSPS) is 11.8. The lowest BCUT2D eigenvalue weighted by Crippen LogP contribution is -2.24. The lowest BCUT2D eigenvalue weighted by atomic mass is 10.1. The molecule has 0 fully saturated rings. The van der Waals surface area contributed by atoms with Gasteiger partial charge in [-0.1, -0.05) is 12.1 Å². The van der Waals surface area contributed by atoms with Crippen molar-refractivity contribution in [1.82, 2.24) is 19.1 Å². The molecule has 4 aromatic heterocycles. The summed E-state index contributed by atoms with van der Waals surface area (Å²) < 4.78 is 11.6. The third kappa shape index (κ3) is 1.76. The second-order valence-corrected chi connectivity index (χ2v) is 5.98. The Labute approximate surface area is 137 Å². The minimum Gasteiger partial charge on any atom is -0.468 e. The number of furan rings is 1. The van der Waals surface area contributed by atoms with Gasteiger partial charge in [0.15, 0.2) is 5.58 Å². The molecule has 4 heterocycles. The Balaban J connectivity index is 1.80. The highest BCUT2D eigenvalue weighted by molar-refractivity contribution is 6.11. The van der Waals surface area contributed by atoms with E-state index in [4.69, 9.17) is 4.42 Å². The molecule has 1 aromatic carbocycles. The number of imidazole rings is 2. The minimum absolute atomic E-state index is 0.850. The van der Waals surface area contributed by atoms with Gasteiger partial charge in [0.2, 0.25) is 6.33 Å². The molecule has 0 aliphatic rings. The Kier molecular flexibility index (Phi) is 2.53. The number of rotatable bonds is 2. The zero-order valence-corrected chi connectivity index (χ0v) is 13.3. The molecule has 118 valence electrons. The predicted molar refractivity (Wildman–Crippen MR) is 89.6 cm³/mol. The summed E-state index contributed by atoms with van der Waals surface area (Å²) in [6.07, 6.45) is 12.7. The number of para-hydroxylation sites is 1. The summed E-state index contributed by atoms with van der Waals surface area (Å²) in [6, 6.07) is 6.17. The van der Waals surface area contributed by atoms with E-state index in [9.17, 15) is 0 Å². The Bertz CT molecular complexity index is 1190. The van der Waals surface area contributed by atoms with Crippen molar-refractivity contribution in [3.63, 3.8) is 0 Å². The van der Waals surface area contributed by atoms with Crippen LogP contribution in [0.25, 0.3) is 38.9 Å². The number of aromatic amines is 1. The third-order valence-electron chi connectivity index (χ3n) is 4.28. The van der Waals surface area contributed by atoms with E-state index in [0.717, 1.165) is 38.9 Å². The van der Waals surface area contributed by atoms with Gasteiger partial charge in [-0.2, -0.15) is 0 Å². The molecule has 1 N–H and O–H groups in total. The Morgan fingerprint density at radius 3 is 2.96 bits per heavy atom. The van der Waals surface area contributed by atoms with Crippen molar-refractivity contribution in [3.05, 3.63) is 55.7 Å². The largest absolute Gasteiger partial charge is 0.468 e. The van der Waals surface area contributed by atoms with Crippen LogP contribution in [0.5, 0.6) is 0 Å². The standard InChI is InChI=1S/C18H15N5O/c1-21-6-7-23(11-21)15-9-24-18-13-5-3-4-12(16(13)20-17(15)18)14-8-22(2)10-19-14/h3-10,20H,1-2H3. The maximum absolute atomic E-state index is 5.86. The summed E-state index contributed by atoms with van der Waals surface area (Å²) in [5, 5.41) is 1.05. The number of aromatic nitrogens is 5. The van der Waals surface area contributed by atoms with Gasteiger partial charge < -0.3 is 23.1 Å². The van der Waals surface area contributed by atoms with E-state index in [2.05, 4.69) is 28.4 Å². The fraction of sp³-hybridized carbons (Fsp3) is 0.111. The molecule has 0 saturated heterocycles. The van der Waals surface area contributed by atoms with Crippen LogP contribution in [0, 0.1) is 6.33 Å². The van der Waals surface area contributed by atoms with Gasteiger partial charge in [0.1, 0.15) is 5.69 Å². The number of aryl methyl sites for hydroxylation is 2. The van der Waals surface area contributed by atoms with E-state index in [-0.39, 0.29) is 0 Å². The number of benzene rings is 1. The highest BCUT2D eigenvalue weighted by Gasteiger charge is 2.16. The van der Waals surface area contributed by atoms with Crippen LogP contribution in [0.2, 0.25) is 0 Å². The van der Waals surface area contributed by atoms with Crippen LogP contribution < -0.4 is 4.57 Å². The van der Waals surface area contributed by atoms with Crippen LogP contribution >= 0.6 is 0 Å². The fourth-order valence-corrected chi connectivity index (χ4v) is 3.15. The van der Waals surface area contributed by atoms with Gasteiger partial charge in [0, 0.05) is 36.6 Å². The van der Waals surface area contributed by atoms with Crippen LogP contribution in [0.4, 0.5) is 0 Å². The molecule has 5 rings (SSSR count). The number of nitrogens with one attached hydrogen (secondary N) is 1. The Hall–Kier alpha value is -3.28. The monoisotopic (exact) mass is 317 g/mol. The van der Waals surface area contributed by atoms with Crippen molar-refractivity contribution in [1.29, 1.82) is 0 Å². The first-order chi connectivity index (χ1) is 11.7. The maximum atomic E-state index is 5.86. The summed E-state index contributed by atoms with van der Waals surface area (Å²) in [5.74, 6) is 0. The lowest BCUT2D eigenvalue weighted by molar-refractivity contribution is -0.674. The number of H-pyrrole nitrogens is 1. The van der Waals surface area contributed by atoms with Gasteiger partial charge in [-0.05, 0) is 6.07 Å². The highest BCUT2D eigenvalue weighted by atomic mass is 16.3. The second kappa shape index (κ2) is 4.61. The van der Waals surface area contributed by atoms with Crippen molar-refractivity contribution in [2.75, 3.05) is 0 Å². The first-order valence-corrected chi connectivity index (χ1v) is 7.67. The van der Waals surface area contributed by atoms with Crippen molar-refractivity contribution < 1.29 is 8.98 Å². The van der Waals surface area contributed by atoms with Crippen LogP contribution in [0.1, 0.15) is 0 Å². The van der Waals surface area contributed by atoms with Gasteiger partial charge >= 0.3 is 0 Å². The van der Waals surface area contributed by atoms with E-state index in [0.29, 0.717) is 0 Å². The molecule has 0 atom stereocenters. The highest BCUT2D eigenvalue weighted by Crippen LogP contribution is 2.35. The Morgan fingerprint density at radius 2 is 2.21 bits per heavy atom. The third-order valence-corrected chi connectivity index (χ3v) is 4.28. The molecule has 0 aliphatic carbocycles. The molecule has 0 bridgehead atoms. The number of fused-ring (bicyclic) bond motifs is 3. The maximum Gasteiger partial charge on any atom is 0.243 e. The fourth-order valence-electron chi connectivity index (χ4n) is 3.15. The molecule has 0 unspecified atom stereocenters. The van der Waals surface area contributed by atoms with Crippen molar-refractivity contribution >= 4 is 22.0 Å². The van der Waals surface area contributed by atoms with Gasteiger partial charge in [-0.15, -0.1) is 0 Å². The molecule has 6 heteroatoms. The zero-order chi connectivity index (χ0) is 16.3. The minimum atomic E-state index is 0.850. The summed E-state index contributed by atoms with van der Waals surface area (Å²) in [6.45, 7) is 0. The quantitative estimate of drug-likeness (QED) is 0.402. The van der Waals surface area contributed by atoms with E-state index in [1.54, 1.807) is 12.6 Å².